The maximum atomic E-state index is 11.7. The van der Waals surface area contributed by atoms with E-state index in [0.717, 1.165) is 18.6 Å². The summed E-state index contributed by atoms with van der Waals surface area (Å²) in [6, 6.07) is 7.85. The van der Waals surface area contributed by atoms with E-state index in [2.05, 4.69) is 0 Å². The van der Waals surface area contributed by atoms with Crippen LogP contribution < -0.4 is 10.5 Å². The Bertz CT molecular complexity index is 468. The van der Waals surface area contributed by atoms with E-state index in [1.54, 1.807) is 0 Å². The summed E-state index contributed by atoms with van der Waals surface area (Å²) >= 11 is 0. The molecule has 0 saturated carbocycles. The number of ether oxygens (including phenoxy) is 1. The van der Waals surface area contributed by atoms with E-state index >= 15 is 0 Å². The van der Waals surface area contributed by atoms with Crippen molar-refractivity contribution in [3.05, 3.63) is 29.8 Å². The standard InChI is InChI=1S/C15H25NO3S/c1-14-6-8-15(9-7-14)19-11-3-5-13-20(17,18)12-4-2-10-16/h6-9H,2-5,10-13,16H2,1H3. The summed E-state index contributed by atoms with van der Waals surface area (Å²) in [5.41, 5.74) is 6.55. The molecule has 0 fully saturated rings. The molecule has 1 rings (SSSR count). The highest BCUT2D eigenvalue weighted by molar-refractivity contribution is 7.91. The molecule has 20 heavy (non-hydrogen) atoms. The molecule has 0 aliphatic heterocycles. The van der Waals surface area contributed by atoms with E-state index in [-0.39, 0.29) is 11.5 Å². The highest BCUT2D eigenvalue weighted by Crippen LogP contribution is 2.12. The molecule has 0 aliphatic carbocycles. The lowest BCUT2D eigenvalue weighted by Gasteiger charge is -2.07. The lowest BCUT2D eigenvalue weighted by atomic mass is 10.2. The zero-order valence-corrected chi connectivity index (χ0v) is 13.0. The SMILES string of the molecule is Cc1ccc(OCCCCS(=O)(=O)CCCCN)cc1. The second kappa shape index (κ2) is 8.97. The van der Waals surface area contributed by atoms with Gasteiger partial charge in [0.1, 0.15) is 15.6 Å². The van der Waals surface area contributed by atoms with Crippen molar-refractivity contribution >= 4 is 9.84 Å². The molecule has 0 saturated heterocycles. The van der Waals surface area contributed by atoms with E-state index in [1.165, 1.54) is 5.56 Å². The van der Waals surface area contributed by atoms with Crippen LogP contribution >= 0.6 is 0 Å². The predicted octanol–water partition coefficient (Wildman–Crippen LogP) is 2.31. The molecule has 0 atom stereocenters. The van der Waals surface area contributed by atoms with Gasteiger partial charge in [-0.2, -0.15) is 0 Å². The van der Waals surface area contributed by atoms with Gasteiger partial charge in [-0.05, 0) is 51.3 Å². The smallest absolute Gasteiger partial charge is 0.150 e. The molecule has 0 aromatic heterocycles. The first kappa shape index (κ1) is 17.0. The number of rotatable bonds is 10. The van der Waals surface area contributed by atoms with E-state index in [9.17, 15) is 8.42 Å². The molecule has 5 heteroatoms. The van der Waals surface area contributed by atoms with E-state index < -0.39 is 9.84 Å². The number of nitrogens with two attached hydrogens (primary N) is 1. The van der Waals surface area contributed by atoms with Gasteiger partial charge in [0.2, 0.25) is 0 Å². The lowest BCUT2D eigenvalue weighted by molar-refractivity contribution is 0.309. The van der Waals surface area contributed by atoms with Crippen molar-refractivity contribution in [3.63, 3.8) is 0 Å². The van der Waals surface area contributed by atoms with E-state index in [4.69, 9.17) is 10.5 Å². The molecule has 0 radical (unpaired) electrons. The van der Waals surface area contributed by atoms with Crippen molar-refractivity contribution in [2.45, 2.75) is 32.6 Å². The van der Waals surface area contributed by atoms with Crippen LogP contribution in [0.5, 0.6) is 5.75 Å². The minimum atomic E-state index is -2.92. The first-order chi connectivity index (χ1) is 9.53. The first-order valence-electron chi connectivity index (χ1n) is 7.13. The molecule has 0 spiro atoms. The molecule has 0 bridgehead atoms. The van der Waals surface area contributed by atoms with Gasteiger partial charge in [-0.1, -0.05) is 17.7 Å². The van der Waals surface area contributed by atoms with Crippen LogP contribution in [0, 0.1) is 6.92 Å². The molecular formula is C15H25NO3S. The van der Waals surface area contributed by atoms with Gasteiger partial charge >= 0.3 is 0 Å². The van der Waals surface area contributed by atoms with Crippen LogP contribution in [0.2, 0.25) is 0 Å². The van der Waals surface area contributed by atoms with Crippen LogP contribution in [0.15, 0.2) is 24.3 Å². The Morgan fingerprint density at radius 3 is 2.20 bits per heavy atom. The van der Waals surface area contributed by atoms with Crippen LogP contribution in [0.1, 0.15) is 31.2 Å². The van der Waals surface area contributed by atoms with Crippen LogP contribution in [0.3, 0.4) is 0 Å². The molecule has 0 heterocycles. The fraction of sp³-hybridized carbons (Fsp3) is 0.600. The van der Waals surface area contributed by atoms with E-state index in [1.807, 2.05) is 31.2 Å². The van der Waals surface area contributed by atoms with Crippen molar-refractivity contribution in [2.75, 3.05) is 24.7 Å². The zero-order chi connectivity index (χ0) is 14.8. The normalized spacial score (nSPS) is 11.5. The van der Waals surface area contributed by atoms with Crippen molar-refractivity contribution in [3.8, 4) is 5.75 Å². The number of benzene rings is 1. The summed E-state index contributed by atoms with van der Waals surface area (Å²) in [6.45, 7) is 3.14. The highest BCUT2D eigenvalue weighted by Gasteiger charge is 2.09. The number of hydrogen-bond donors (Lipinski definition) is 1. The third-order valence-corrected chi connectivity index (χ3v) is 4.87. The largest absolute Gasteiger partial charge is 0.494 e. The first-order valence-corrected chi connectivity index (χ1v) is 8.95. The molecule has 1 aromatic carbocycles. The summed E-state index contributed by atoms with van der Waals surface area (Å²) in [7, 11) is -2.92. The van der Waals surface area contributed by atoms with Crippen LogP contribution in [0.4, 0.5) is 0 Å². The second-order valence-electron chi connectivity index (χ2n) is 5.02. The summed E-state index contributed by atoms with van der Waals surface area (Å²) in [5.74, 6) is 1.33. The molecule has 0 amide bonds. The van der Waals surface area contributed by atoms with Gasteiger partial charge in [-0.15, -0.1) is 0 Å². The van der Waals surface area contributed by atoms with Crippen LogP contribution in [0.25, 0.3) is 0 Å². The van der Waals surface area contributed by atoms with E-state index in [0.29, 0.717) is 26.0 Å². The Morgan fingerprint density at radius 2 is 1.60 bits per heavy atom. The van der Waals surface area contributed by atoms with Crippen molar-refractivity contribution < 1.29 is 13.2 Å². The lowest BCUT2D eigenvalue weighted by Crippen LogP contribution is -2.13. The molecule has 1 aromatic rings. The number of aryl methyl sites for hydroxylation is 1. The Balaban J connectivity index is 2.13. The van der Waals surface area contributed by atoms with Gasteiger partial charge in [0.15, 0.2) is 0 Å². The maximum Gasteiger partial charge on any atom is 0.150 e. The number of unbranched alkanes of at least 4 members (excludes halogenated alkanes) is 2. The van der Waals surface area contributed by atoms with Gasteiger partial charge in [-0.3, -0.25) is 0 Å². The summed E-state index contributed by atoms with van der Waals surface area (Å²) in [5, 5.41) is 0. The zero-order valence-electron chi connectivity index (χ0n) is 12.2. The van der Waals surface area contributed by atoms with Crippen LogP contribution in [-0.4, -0.2) is 33.1 Å². The number of sulfone groups is 1. The third-order valence-electron chi connectivity index (χ3n) is 3.05. The van der Waals surface area contributed by atoms with Gasteiger partial charge in [0.25, 0.3) is 0 Å². The van der Waals surface area contributed by atoms with Crippen molar-refractivity contribution in [2.24, 2.45) is 5.73 Å². The third kappa shape index (κ3) is 7.50. The topological polar surface area (TPSA) is 69.4 Å². The molecule has 2 N–H and O–H groups in total. The molecule has 114 valence electrons. The van der Waals surface area contributed by atoms with Crippen molar-refractivity contribution in [1.82, 2.24) is 0 Å². The molecular weight excluding hydrogens is 274 g/mol. The average Bonchev–Trinajstić information content (AvgIpc) is 2.40. The fourth-order valence-corrected chi connectivity index (χ4v) is 3.31. The van der Waals surface area contributed by atoms with Gasteiger partial charge in [-0.25, -0.2) is 8.42 Å². The fourth-order valence-electron chi connectivity index (χ4n) is 1.82. The predicted molar refractivity (Wildman–Crippen MR) is 82.9 cm³/mol. The Morgan fingerprint density at radius 1 is 1.00 bits per heavy atom. The quantitative estimate of drug-likeness (QED) is 0.673. The molecule has 4 nitrogen and oxygen atoms in total. The number of hydrogen-bond acceptors (Lipinski definition) is 4. The molecule has 0 aliphatic rings. The highest BCUT2D eigenvalue weighted by atomic mass is 32.2. The Hall–Kier alpha value is -1.07. The van der Waals surface area contributed by atoms with Gasteiger partial charge < -0.3 is 10.5 Å². The monoisotopic (exact) mass is 299 g/mol. The minimum absolute atomic E-state index is 0.245. The maximum absolute atomic E-state index is 11.7. The molecule has 0 unspecified atom stereocenters. The minimum Gasteiger partial charge on any atom is -0.494 e. The van der Waals surface area contributed by atoms with Gasteiger partial charge in [0.05, 0.1) is 18.1 Å². The average molecular weight is 299 g/mol. The van der Waals surface area contributed by atoms with Gasteiger partial charge in [0, 0.05) is 0 Å². The summed E-state index contributed by atoms with van der Waals surface area (Å²) < 4.78 is 29.0. The Kier molecular flexibility index (Phi) is 7.62. The summed E-state index contributed by atoms with van der Waals surface area (Å²) in [6.07, 6.45) is 2.84. The van der Waals surface area contributed by atoms with Crippen LogP contribution in [-0.2, 0) is 9.84 Å². The van der Waals surface area contributed by atoms with Crippen molar-refractivity contribution in [1.29, 1.82) is 0 Å². The Labute approximate surface area is 122 Å². The second-order valence-corrected chi connectivity index (χ2v) is 7.32. The summed E-state index contributed by atoms with van der Waals surface area (Å²) in [4.78, 5) is 0.